The minimum Gasteiger partial charge on any atom is -0.462 e. The fourth-order valence-corrected chi connectivity index (χ4v) is 0.955. The van der Waals surface area contributed by atoms with Gasteiger partial charge in [0.2, 0.25) is 11.9 Å². The number of aryl methyl sites for hydroxylation is 1. The van der Waals surface area contributed by atoms with Gasteiger partial charge in [0.05, 0.1) is 6.61 Å². The van der Waals surface area contributed by atoms with Crippen LogP contribution in [-0.2, 0) is 16.6 Å². The van der Waals surface area contributed by atoms with Gasteiger partial charge in [-0.2, -0.15) is 5.10 Å². The van der Waals surface area contributed by atoms with Crippen LogP contribution >= 0.6 is 0 Å². The van der Waals surface area contributed by atoms with Gasteiger partial charge in [0.1, 0.15) is 5.56 Å². The first-order valence-electron chi connectivity index (χ1n) is 3.97. The molecular formula is C8H9N3O3. The highest BCUT2D eigenvalue weighted by atomic mass is 16.5. The van der Waals surface area contributed by atoms with Gasteiger partial charge in [-0.05, 0) is 6.92 Å². The van der Waals surface area contributed by atoms with Crippen LogP contribution in [0.5, 0.6) is 0 Å². The first-order chi connectivity index (χ1) is 6.69. The van der Waals surface area contributed by atoms with Crippen LogP contribution in [0.25, 0.3) is 0 Å². The number of hydrogen-bond acceptors (Lipinski definition) is 5. The van der Waals surface area contributed by atoms with Gasteiger partial charge in [-0.1, -0.05) is 0 Å². The summed E-state index contributed by atoms with van der Waals surface area (Å²) in [5, 5.41) is 3.79. The van der Waals surface area contributed by atoms with Gasteiger partial charge in [0, 0.05) is 13.2 Å². The van der Waals surface area contributed by atoms with Crippen molar-refractivity contribution in [3.63, 3.8) is 0 Å². The van der Waals surface area contributed by atoms with E-state index < -0.39 is 5.97 Å². The van der Waals surface area contributed by atoms with Crippen LogP contribution in [0.4, 0.5) is 5.82 Å². The number of isocyanates is 1. The topological polar surface area (TPSA) is 73.6 Å². The molecule has 0 radical (unpaired) electrons. The maximum Gasteiger partial charge on any atom is 0.343 e. The highest BCUT2D eigenvalue weighted by molar-refractivity contribution is 5.94. The molecule has 74 valence electrons. The van der Waals surface area contributed by atoms with E-state index in [9.17, 15) is 9.59 Å². The molecule has 6 heteroatoms. The summed E-state index contributed by atoms with van der Waals surface area (Å²) in [6.45, 7) is 1.95. The fraction of sp³-hybridized carbons (Fsp3) is 0.375. The minimum absolute atomic E-state index is 0.0287. The number of aliphatic imine (C=N–C) groups is 1. The van der Waals surface area contributed by atoms with Crippen molar-refractivity contribution in [2.45, 2.75) is 6.92 Å². The van der Waals surface area contributed by atoms with Crippen molar-refractivity contribution in [2.24, 2.45) is 12.0 Å². The number of hydrogen-bond donors (Lipinski definition) is 0. The van der Waals surface area contributed by atoms with Crippen LogP contribution < -0.4 is 0 Å². The summed E-state index contributed by atoms with van der Waals surface area (Å²) in [6.07, 6.45) is 2.76. The normalized spacial score (nSPS) is 9.29. The Morgan fingerprint density at radius 1 is 1.79 bits per heavy atom. The third-order valence-electron chi connectivity index (χ3n) is 1.46. The molecule has 1 rings (SSSR count). The lowest BCUT2D eigenvalue weighted by Gasteiger charge is -1.97. The molecule has 1 aromatic heterocycles. The first-order valence-corrected chi connectivity index (χ1v) is 3.97. The molecule has 0 fully saturated rings. The van der Waals surface area contributed by atoms with Crippen LogP contribution in [0.15, 0.2) is 11.2 Å². The maximum atomic E-state index is 11.3. The summed E-state index contributed by atoms with van der Waals surface area (Å²) in [7, 11) is 1.62. The Morgan fingerprint density at radius 3 is 3.07 bits per heavy atom. The zero-order chi connectivity index (χ0) is 10.6. The molecule has 6 nitrogen and oxygen atoms in total. The zero-order valence-corrected chi connectivity index (χ0v) is 7.85. The van der Waals surface area contributed by atoms with E-state index in [1.807, 2.05) is 0 Å². The summed E-state index contributed by atoms with van der Waals surface area (Å²) in [6, 6.07) is 0. The van der Waals surface area contributed by atoms with Crippen molar-refractivity contribution in [3.8, 4) is 0 Å². The number of carbonyl (C=O) groups is 1. The Labute approximate surface area is 80.2 Å². The van der Waals surface area contributed by atoms with E-state index in [1.165, 1.54) is 17.0 Å². The monoisotopic (exact) mass is 195 g/mol. The van der Waals surface area contributed by atoms with Gasteiger partial charge < -0.3 is 4.74 Å². The van der Waals surface area contributed by atoms with Crippen molar-refractivity contribution in [1.82, 2.24) is 9.78 Å². The zero-order valence-electron chi connectivity index (χ0n) is 7.85. The molecular weight excluding hydrogens is 186 g/mol. The third kappa shape index (κ3) is 2.05. The van der Waals surface area contributed by atoms with Crippen LogP contribution in [0.2, 0.25) is 0 Å². The number of rotatable bonds is 3. The molecule has 0 N–H and O–H groups in total. The Balaban J connectivity index is 3.05. The third-order valence-corrected chi connectivity index (χ3v) is 1.46. The summed E-state index contributed by atoms with van der Waals surface area (Å²) in [5.74, 6) is -0.518. The molecule has 1 heterocycles. The smallest absolute Gasteiger partial charge is 0.343 e. The van der Waals surface area contributed by atoms with E-state index in [-0.39, 0.29) is 18.0 Å². The van der Waals surface area contributed by atoms with Gasteiger partial charge >= 0.3 is 5.97 Å². The summed E-state index contributed by atoms with van der Waals surface area (Å²) in [4.78, 5) is 24.6. The Hall–Kier alpha value is -1.94. The van der Waals surface area contributed by atoms with E-state index in [4.69, 9.17) is 4.74 Å². The van der Waals surface area contributed by atoms with E-state index in [0.717, 1.165) is 0 Å². The second-order valence-electron chi connectivity index (χ2n) is 2.46. The van der Waals surface area contributed by atoms with Crippen molar-refractivity contribution in [1.29, 1.82) is 0 Å². The molecule has 0 aromatic carbocycles. The van der Waals surface area contributed by atoms with E-state index >= 15 is 0 Å². The molecule has 0 saturated heterocycles. The molecule has 0 saturated carbocycles. The number of ether oxygens (including phenoxy) is 1. The predicted molar refractivity (Wildman–Crippen MR) is 46.9 cm³/mol. The second-order valence-corrected chi connectivity index (χ2v) is 2.46. The molecule has 0 amide bonds. The van der Waals surface area contributed by atoms with Gasteiger partial charge in [-0.25, -0.2) is 9.59 Å². The number of aromatic nitrogens is 2. The molecule has 0 atom stereocenters. The lowest BCUT2D eigenvalue weighted by Crippen LogP contribution is -2.03. The van der Waals surface area contributed by atoms with Crippen molar-refractivity contribution in [2.75, 3.05) is 6.61 Å². The minimum atomic E-state index is -0.547. The molecule has 0 aliphatic carbocycles. The Morgan fingerprint density at radius 2 is 2.50 bits per heavy atom. The van der Waals surface area contributed by atoms with E-state index in [0.29, 0.717) is 0 Å². The summed E-state index contributed by atoms with van der Waals surface area (Å²) < 4.78 is 6.12. The molecule has 0 spiro atoms. The SMILES string of the molecule is CCOC(=O)c1cn(C)nc1N=C=O. The predicted octanol–water partition coefficient (Wildman–Crippen LogP) is 0.564. The largest absolute Gasteiger partial charge is 0.462 e. The van der Waals surface area contributed by atoms with Crippen LogP contribution in [0.3, 0.4) is 0 Å². The fourth-order valence-electron chi connectivity index (χ4n) is 0.955. The van der Waals surface area contributed by atoms with Gasteiger partial charge in [0.25, 0.3) is 0 Å². The van der Waals surface area contributed by atoms with Gasteiger partial charge in [-0.3, -0.25) is 4.68 Å². The standard InChI is InChI=1S/C8H9N3O3/c1-3-14-8(13)6-4-11(2)10-7(6)9-5-12/h4H,3H2,1-2H3. The van der Waals surface area contributed by atoms with E-state index in [1.54, 1.807) is 14.0 Å². The quantitative estimate of drug-likeness (QED) is 0.401. The molecule has 1 aromatic rings. The van der Waals surface area contributed by atoms with E-state index in [2.05, 4.69) is 10.1 Å². The van der Waals surface area contributed by atoms with Gasteiger partial charge in [0.15, 0.2) is 0 Å². The first kappa shape index (κ1) is 10.1. The average Bonchev–Trinajstić information content (AvgIpc) is 2.48. The maximum absolute atomic E-state index is 11.3. The Kier molecular flexibility index (Phi) is 3.14. The highest BCUT2D eigenvalue weighted by Gasteiger charge is 2.15. The van der Waals surface area contributed by atoms with Crippen LogP contribution in [0, 0.1) is 0 Å². The summed E-state index contributed by atoms with van der Waals surface area (Å²) >= 11 is 0. The lowest BCUT2D eigenvalue weighted by atomic mass is 10.3. The van der Waals surface area contributed by atoms with Crippen molar-refractivity contribution >= 4 is 17.9 Å². The second kappa shape index (κ2) is 4.34. The average molecular weight is 195 g/mol. The summed E-state index contributed by atoms with van der Waals surface area (Å²) in [5.41, 5.74) is 0.165. The van der Waals surface area contributed by atoms with Crippen molar-refractivity contribution in [3.05, 3.63) is 11.8 Å². The van der Waals surface area contributed by atoms with Crippen LogP contribution in [-0.4, -0.2) is 28.4 Å². The lowest BCUT2D eigenvalue weighted by molar-refractivity contribution is 0.0527. The molecule has 0 aliphatic heterocycles. The molecule has 0 unspecified atom stereocenters. The van der Waals surface area contributed by atoms with Crippen molar-refractivity contribution < 1.29 is 14.3 Å². The number of nitrogens with zero attached hydrogens (tertiary/aromatic N) is 3. The molecule has 0 bridgehead atoms. The number of esters is 1. The molecule has 0 aliphatic rings. The molecule has 14 heavy (non-hydrogen) atoms. The highest BCUT2D eigenvalue weighted by Crippen LogP contribution is 2.16. The Bertz CT molecular complexity index is 391. The number of carbonyl (C=O) groups excluding carboxylic acids is 2. The van der Waals surface area contributed by atoms with Gasteiger partial charge in [-0.15, -0.1) is 4.99 Å². The van der Waals surface area contributed by atoms with Crippen LogP contribution in [0.1, 0.15) is 17.3 Å².